The minimum absolute atomic E-state index is 0.123. The van der Waals surface area contributed by atoms with E-state index in [9.17, 15) is 4.39 Å². The van der Waals surface area contributed by atoms with Gasteiger partial charge >= 0.3 is 0 Å². The number of anilines is 1. The fourth-order valence-electron chi connectivity index (χ4n) is 2.55. The first-order valence-electron chi connectivity index (χ1n) is 6.84. The molecule has 1 unspecified atom stereocenters. The molecule has 0 aliphatic heterocycles. The molecule has 0 aliphatic rings. The third-order valence-corrected chi connectivity index (χ3v) is 4.25. The zero-order valence-corrected chi connectivity index (χ0v) is 13.2. The van der Waals surface area contributed by atoms with Crippen molar-refractivity contribution in [3.05, 3.63) is 76.5 Å². The van der Waals surface area contributed by atoms with Crippen LogP contribution in [-0.4, -0.2) is 0 Å². The van der Waals surface area contributed by atoms with E-state index in [-0.39, 0.29) is 11.9 Å². The van der Waals surface area contributed by atoms with Crippen LogP contribution in [0.25, 0.3) is 10.8 Å². The van der Waals surface area contributed by atoms with Gasteiger partial charge in [-0.2, -0.15) is 0 Å². The van der Waals surface area contributed by atoms with E-state index in [2.05, 4.69) is 58.5 Å². The number of hydrogen-bond donors (Lipinski definition) is 1. The number of rotatable bonds is 3. The fourth-order valence-corrected chi connectivity index (χ4v) is 3.01. The number of benzene rings is 3. The van der Waals surface area contributed by atoms with Crippen molar-refractivity contribution in [2.45, 2.75) is 13.0 Å². The van der Waals surface area contributed by atoms with Crippen LogP contribution in [0.2, 0.25) is 0 Å². The summed E-state index contributed by atoms with van der Waals surface area (Å²) in [5, 5.41) is 5.89. The number of nitrogens with one attached hydrogen (secondary N) is 1. The van der Waals surface area contributed by atoms with E-state index in [1.54, 1.807) is 6.07 Å². The summed E-state index contributed by atoms with van der Waals surface area (Å²) < 4.78 is 13.9. The van der Waals surface area contributed by atoms with Crippen LogP contribution in [0.4, 0.5) is 10.1 Å². The lowest BCUT2D eigenvalue weighted by atomic mass is 9.99. The summed E-state index contributed by atoms with van der Waals surface area (Å²) in [4.78, 5) is 0. The second-order valence-electron chi connectivity index (χ2n) is 5.06. The third-order valence-electron chi connectivity index (χ3n) is 3.59. The molecule has 1 N–H and O–H groups in total. The van der Waals surface area contributed by atoms with E-state index >= 15 is 0 Å². The largest absolute Gasteiger partial charge is 0.378 e. The molecule has 1 nitrogen and oxygen atoms in total. The highest BCUT2D eigenvalue weighted by molar-refractivity contribution is 9.10. The van der Waals surface area contributed by atoms with Gasteiger partial charge in [0.05, 0.1) is 0 Å². The molecule has 0 spiro atoms. The Bertz CT molecular complexity index is 780. The van der Waals surface area contributed by atoms with Crippen LogP contribution in [-0.2, 0) is 0 Å². The summed E-state index contributed by atoms with van der Waals surface area (Å²) in [6.07, 6.45) is 0. The Kier molecular flexibility index (Phi) is 3.93. The maximum absolute atomic E-state index is 13.2. The molecule has 106 valence electrons. The molecule has 3 aromatic rings. The number of halogens is 2. The quantitative estimate of drug-likeness (QED) is 0.622. The standard InChI is InChI=1S/C18H15BrFN/c1-12(21-18-10-9-14(20)11-17(18)19)15-8-4-6-13-5-2-3-7-16(13)15/h2-12,21H,1H3. The molecule has 0 amide bonds. The van der Waals surface area contributed by atoms with E-state index in [4.69, 9.17) is 0 Å². The van der Waals surface area contributed by atoms with Gasteiger partial charge in [-0.3, -0.25) is 0 Å². The Balaban J connectivity index is 1.95. The first-order chi connectivity index (χ1) is 10.1. The zero-order chi connectivity index (χ0) is 14.8. The van der Waals surface area contributed by atoms with Crippen molar-refractivity contribution in [1.29, 1.82) is 0 Å². The van der Waals surface area contributed by atoms with Gasteiger partial charge in [0.25, 0.3) is 0 Å². The Labute approximate surface area is 131 Å². The summed E-state index contributed by atoms with van der Waals surface area (Å²) in [6.45, 7) is 2.11. The van der Waals surface area contributed by atoms with Gasteiger partial charge in [0.2, 0.25) is 0 Å². The molecule has 3 heteroatoms. The van der Waals surface area contributed by atoms with Crippen LogP contribution < -0.4 is 5.32 Å². The maximum Gasteiger partial charge on any atom is 0.124 e. The Hall–Kier alpha value is -1.87. The van der Waals surface area contributed by atoms with Crippen LogP contribution in [0.1, 0.15) is 18.5 Å². The first kappa shape index (κ1) is 14.1. The topological polar surface area (TPSA) is 12.0 Å². The van der Waals surface area contributed by atoms with Crippen LogP contribution >= 0.6 is 15.9 Å². The van der Waals surface area contributed by atoms with E-state index < -0.39 is 0 Å². The molecule has 3 rings (SSSR count). The van der Waals surface area contributed by atoms with E-state index in [1.807, 2.05) is 12.1 Å². The van der Waals surface area contributed by atoms with Crippen LogP contribution in [0.15, 0.2) is 65.1 Å². The van der Waals surface area contributed by atoms with Crippen molar-refractivity contribution < 1.29 is 4.39 Å². The lowest BCUT2D eigenvalue weighted by Crippen LogP contribution is -2.07. The Morgan fingerprint density at radius 1 is 1.00 bits per heavy atom. The van der Waals surface area contributed by atoms with Crippen molar-refractivity contribution >= 4 is 32.4 Å². The SMILES string of the molecule is CC(Nc1ccc(F)cc1Br)c1cccc2ccccc12. The van der Waals surface area contributed by atoms with Crippen molar-refractivity contribution in [3.8, 4) is 0 Å². The molecule has 0 fully saturated rings. The summed E-state index contributed by atoms with van der Waals surface area (Å²) in [5.41, 5.74) is 2.11. The first-order valence-corrected chi connectivity index (χ1v) is 7.64. The molecule has 0 radical (unpaired) electrons. The summed E-state index contributed by atoms with van der Waals surface area (Å²) in [5.74, 6) is -0.245. The smallest absolute Gasteiger partial charge is 0.124 e. The molecular weight excluding hydrogens is 329 g/mol. The molecule has 1 atom stereocenters. The molecule has 21 heavy (non-hydrogen) atoms. The highest BCUT2D eigenvalue weighted by atomic mass is 79.9. The molecule has 0 aliphatic carbocycles. The monoisotopic (exact) mass is 343 g/mol. The second-order valence-corrected chi connectivity index (χ2v) is 5.91. The van der Waals surface area contributed by atoms with Gasteiger partial charge in [0.15, 0.2) is 0 Å². The zero-order valence-electron chi connectivity index (χ0n) is 11.6. The van der Waals surface area contributed by atoms with Crippen molar-refractivity contribution in [2.75, 3.05) is 5.32 Å². The van der Waals surface area contributed by atoms with Crippen LogP contribution in [0, 0.1) is 5.82 Å². The predicted molar refractivity (Wildman–Crippen MR) is 90.1 cm³/mol. The van der Waals surface area contributed by atoms with E-state index in [0.717, 1.165) is 10.2 Å². The Morgan fingerprint density at radius 2 is 1.76 bits per heavy atom. The van der Waals surface area contributed by atoms with Crippen molar-refractivity contribution in [2.24, 2.45) is 0 Å². The lowest BCUT2D eigenvalue weighted by molar-refractivity contribution is 0.627. The van der Waals surface area contributed by atoms with Crippen LogP contribution in [0.3, 0.4) is 0 Å². The van der Waals surface area contributed by atoms with Gasteiger partial charge in [-0.1, -0.05) is 42.5 Å². The normalized spacial score (nSPS) is 12.3. The number of hydrogen-bond acceptors (Lipinski definition) is 1. The Morgan fingerprint density at radius 3 is 2.57 bits per heavy atom. The molecule has 0 saturated carbocycles. The molecule has 0 aromatic heterocycles. The van der Waals surface area contributed by atoms with Crippen molar-refractivity contribution in [3.63, 3.8) is 0 Å². The van der Waals surface area contributed by atoms with Gasteiger partial charge in [0, 0.05) is 16.2 Å². The third kappa shape index (κ3) is 2.93. The number of fused-ring (bicyclic) bond motifs is 1. The van der Waals surface area contributed by atoms with Gasteiger partial charge in [-0.25, -0.2) is 4.39 Å². The minimum atomic E-state index is -0.245. The minimum Gasteiger partial charge on any atom is -0.378 e. The average molecular weight is 344 g/mol. The highest BCUT2D eigenvalue weighted by Crippen LogP contribution is 2.30. The van der Waals surface area contributed by atoms with Gasteiger partial charge in [-0.05, 0) is 57.4 Å². The summed E-state index contributed by atoms with van der Waals surface area (Å²) >= 11 is 3.40. The van der Waals surface area contributed by atoms with Crippen LogP contribution in [0.5, 0.6) is 0 Å². The van der Waals surface area contributed by atoms with E-state index in [1.165, 1.54) is 28.5 Å². The average Bonchev–Trinajstić information content (AvgIpc) is 2.49. The summed E-state index contributed by atoms with van der Waals surface area (Å²) in [6, 6.07) is 19.4. The second kappa shape index (κ2) is 5.86. The molecule has 3 aromatic carbocycles. The van der Waals surface area contributed by atoms with Gasteiger partial charge < -0.3 is 5.32 Å². The van der Waals surface area contributed by atoms with Gasteiger partial charge in [-0.15, -0.1) is 0 Å². The maximum atomic E-state index is 13.2. The lowest BCUT2D eigenvalue weighted by Gasteiger charge is -2.19. The summed E-state index contributed by atoms with van der Waals surface area (Å²) in [7, 11) is 0. The highest BCUT2D eigenvalue weighted by Gasteiger charge is 2.10. The molecular formula is C18H15BrFN. The van der Waals surface area contributed by atoms with Gasteiger partial charge in [0.1, 0.15) is 5.82 Å². The van der Waals surface area contributed by atoms with E-state index in [0.29, 0.717) is 0 Å². The molecule has 0 bridgehead atoms. The molecule has 0 saturated heterocycles. The predicted octanol–water partition coefficient (Wildman–Crippen LogP) is 5.91. The van der Waals surface area contributed by atoms with Crippen molar-refractivity contribution in [1.82, 2.24) is 0 Å². The molecule has 0 heterocycles. The fraction of sp³-hybridized carbons (Fsp3) is 0.111.